The highest BCUT2D eigenvalue weighted by atomic mass is 16.5. The van der Waals surface area contributed by atoms with Crippen molar-refractivity contribution in [3.05, 3.63) is 49.1 Å². The van der Waals surface area contributed by atoms with E-state index in [1.54, 1.807) is 30.9 Å². The largest absolute Gasteiger partial charge is 0.490 e. The first-order valence-corrected chi connectivity index (χ1v) is 10.4. The molecule has 0 saturated carbocycles. The Bertz CT molecular complexity index is 758. The van der Waals surface area contributed by atoms with E-state index in [0.717, 1.165) is 57.6 Å². The molecule has 2 fully saturated rings. The summed E-state index contributed by atoms with van der Waals surface area (Å²) in [5.74, 6) is 1.59. The predicted molar refractivity (Wildman–Crippen MR) is 109 cm³/mol. The van der Waals surface area contributed by atoms with E-state index in [4.69, 9.17) is 9.47 Å². The quantitative estimate of drug-likeness (QED) is 0.747. The van der Waals surface area contributed by atoms with Gasteiger partial charge in [-0.1, -0.05) is 0 Å². The van der Waals surface area contributed by atoms with E-state index in [0.29, 0.717) is 11.8 Å². The average Bonchev–Trinajstić information content (AvgIpc) is 2.79. The van der Waals surface area contributed by atoms with E-state index in [2.05, 4.69) is 14.9 Å². The van der Waals surface area contributed by atoms with E-state index in [9.17, 15) is 4.79 Å². The van der Waals surface area contributed by atoms with Gasteiger partial charge in [-0.2, -0.15) is 0 Å². The van der Waals surface area contributed by atoms with Crippen LogP contribution in [0.4, 0.5) is 0 Å². The van der Waals surface area contributed by atoms with Crippen LogP contribution >= 0.6 is 0 Å². The minimum absolute atomic E-state index is 0.0526. The number of pyridine rings is 2. The zero-order valence-corrected chi connectivity index (χ0v) is 16.7. The molecule has 2 saturated heterocycles. The molecule has 7 heteroatoms. The van der Waals surface area contributed by atoms with Crippen LogP contribution in [0.15, 0.2) is 49.1 Å². The average molecular weight is 396 g/mol. The third-order valence-corrected chi connectivity index (χ3v) is 5.76. The van der Waals surface area contributed by atoms with Gasteiger partial charge in [0.25, 0.3) is 5.91 Å². The van der Waals surface area contributed by atoms with E-state index < -0.39 is 0 Å². The molecule has 7 nitrogen and oxygen atoms in total. The molecule has 0 N–H and O–H groups in total. The van der Waals surface area contributed by atoms with E-state index in [1.807, 2.05) is 23.1 Å². The normalized spacial score (nSPS) is 19.1. The van der Waals surface area contributed by atoms with Crippen LogP contribution in [0.25, 0.3) is 0 Å². The first-order valence-electron chi connectivity index (χ1n) is 10.4. The molecule has 2 aliphatic rings. The fourth-order valence-electron chi connectivity index (χ4n) is 4.12. The number of aromatic nitrogens is 2. The van der Waals surface area contributed by atoms with Crippen LogP contribution in [0.1, 0.15) is 25.7 Å². The number of carbonyl (C=O) groups excluding carboxylic acids is 1. The van der Waals surface area contributed by atoms with Crippen LogP contribution in [0.3, 0.4) is 0 Å². The SMILES string of the molecule is O=C(COc1cccnc1)N1CCC(N2CCC(Oc3ccncc3)CC2)CC1. The van der Waals surface area contributed by atoms with Crippen molar-refractivity contribution in [2.24, 2.45) is 0 Å². The summed E-state index contributed by atoms with van der Waals surface area (Å²) >= 11 is 0. The number of nitrogens with zero attached hydrogens (tertiary/aromatic N) is 4. The Hall–Kier alpha value is -2.67. The molecule has 4 heterocycles. The molecule has 154 valence electrons. The Morgan fingerprint density at radius 2 is 1.69 bits per heavy atom. The van der Waals surface area contributed by atoms with Crippen molar-refractivity contribution in [1.82, 2.24) is 19.8 Å². The van der Waals surface area contributed by atoms with Crippen LogP contribution in [0, 0.1) is 0 Å². The fraction of sp³-hybridized carbons (Fsp3) is 0.500. The standard InChI is InChI=1S/C22H28N4O3/c27-22(17-28-21-2-1-9-24-16-21)26-12-5-18(6-13-26)25-14-7-20(8-15-25)29-19-3-10-23-11-4-19/h1-4,9-11,16,18,20H,5-8,12-15,17H2. The molecule has 0 spiro atoms. The lowest BCUT2D eigenvalue weighted by molar-refractivity contribution is -0.135. The van der Waals surface area contributed by atoms with Gasteiger partial charge in [0.05, 0.1) is 6.20 Å². The lowest BCUT2D eigenvalue weighted by atomic mass is 9.99. The highest BCUT2D eigenvalue weighted by Crippen LogP contribution is 2.24. The van der Waals surface area contributed by atoms with Crippen LogP contribution in [-0.4, -0.2) is 70.6 Å². The number of piperidine rings is 2. The third kappa shape index (κ3) is 5.44. The molecule has 0 atom stereocenters. The lowest BCUT2D eigenvalue weighted by Crippen LogP contribution is -2.50. The molecule has 1 amide bonds. The minimum atomic E-state index is 0.0526. The second-order valence-corrected chi connectivity index (χ2v) is 7.63. The summed E-state index contributed by atoms with van der Waals surface area (Å²) in [5.41, 5.74) is 0. The van der Waals surface area contributed by atoms with Crippen molar-refractivity contribution in [3.8, 4) is 11.5 Å². The van der Waals surface area contributed by atoms with E-state index in [-0.39, 0.29) is 18.6 Å². The van der Waals surface area contributed by atoms with Crippen LogP contribution in [0.5, 0.6) is 11.5 Å². The Balaban J connectivity index is 1.17. The smallest absolute Gasteiger partial charge is 0.260 e. The summed E-state index contributed by atoms with van der Waals surface area (Å²) in [7, 11) is 0. The van der Waals surface area contributed by atoms with Crippen molar-refractivity contribution < 1.29 is 14.3 Å². The summed E-state index contributed by atoms with van der Waals surface area (Å²) in [6.45, 7) is 3.78. The van der Waals surface area contributed by atoms with Gasteiger partial charge in [0, 0.05) is 50.8 Å². The van der Waals surface area contributed by atoms with Gasteiger partial charge >= 0.3 is 0 Å². The number of carbonyl (C=O) groups is 1. The number of rotatable bonds is 6. The van der Waals surface area contributed by atoms with Gasteiger partial charge in [0.1, 0.15) is 17.6 Å². The van der Waals surface area contributed by atoms with Crippen LogP contribution in [0.2, 0.25) is 0 Å². The monoisotopic (exact) mass is 396 g/mol. The zero-order chi connectivity index (χ0) is 19.9. The van der Waals surface area contributed by atoms with Gasteiger partial charge in [0.2, 0.25) is 0 Å². The molecule has 0 unspecified atom stereocenters. The predicted octanol–water partition coefficient (Wildman–Crippen LogP) is 2.39. The molecule has 0 aromatic carbocycles. The van der Waals surface area contributed by atoms with Crippen molar-refractivity contribution in [3.63, 3.8) is 0 Å². The lowest BCUT2D eigenvalue weighted by Gasteiger charge is -2.41. The molecular weight excluding hydrogens is 368 g/mol. The second kappa shape index (κ2) is 9.69. The van der Waals surface area contributed by atoms with Gasteiger partial charge < -0.3 is 14.4 Å². The molecule has 0 radical (unpaired) electrons. The molecule has 2 aromatic heterocycles. The Morgan fingerprint density at radius 3 is 2.38 bits per heavy atom. The number of ether oxygens (including phenoxy) is 2. The van der Waals surface area contributed by atoms with Gasteiger partial charge in [0.15, 0.2) is 6.61 Å². The molecule has 4 rings (SSSR count). The topological polar surface area (TPSA) is 67.8 Å². The van der Waals surface area contributed by atoms with Gasteiger partial charge in [-0.05, 0) is 49.9 Å². The highest BCUT2D eigenvalue weighted by molar-refractivity contribution is 5.77. The van der Waals surface area contributed by atoms with Crippen molar-refractivity contribution >= 4 is 5.91 Å². The molecule has 29 heavy (non-hydrogen) atoms. The van der Waals surface area contributed by atoms with E-state index >= 15 is 0 Å². The van der Waals surface area contributed by atoms with Gasteiger partial charge in [-0.15, -0.1) is 0 Å². The second-order valence-electron chi connectivity index (χ2n) is 7.63. The van der Waals surface area contributed by atoms with E-state index in [1.165, 1.54) is 0 Å². The number of amides is 1. The summed E-state index contributed by atoms with van der Waals surface area (Å²) in [5, 5.41) is 0. The molecule has 0 bridgehead atoms. The summed E-state index contributed by atoms with van der Waals surface area (Å²) in [6, 6.07) is 8.00. The maximum atomic E-state index is 12.4. The first kappa shape index (κ1) is 19.6. The molecule has 2 aliphatic heterocycles. The zero-order valence-electron chi connectivity index (χ0n) is 16.7. The van der Waals surface area contributed by atoms with Crippen molar-refractivity contribution in [2.75, 3.05) is 32.8 Å². The Kier molecular flexibility index (Phi) is 6.56. The molecular formula is C22H28N4O3. The summed E-state index contributed by atoms with van der Waals surface area (Å²) in [6.07, 6.45) is 11.3. The summed E-state index contributed by atoms with van der Waals surface area (Å²) in [4.78, 5) is 24.9. The summed E-state index contributed by atoms with van der Waals surface area (Å²) < 4.78 is 11.6. The third-order valence-electron chi connectivity index (χ3n) is 5.76. The fourth-order valence-corrected chi connectivity index (χ4v) is 4.12. The first-order chi connectivity index (χ1) is 14.3. The van der Waals surface area contributed by atoms with Crippen LogP contribution < -0.4 is 9.47 Å². The van der Waals surface area contributed by atoms with Crippen LogP contribution in [-0.2, 0) is 4.79 Å². The van der Waals surface area contributed by atoms with Gasteiger partial charge in [-0.25, -0.2) is 0 Å². The Morgan fingerprint density at radius 1 is 0.931 bits per heavy atom. The number of likely N-dealkylation sites (tertiary alicyclic amines) is 2. The molecule has 2 aromatic rings. The number of hydrogen-bond donors (Lipinski definition) is 0. The Labute approximate surface area is 171 Å². The van der Waals surface area contributed by atoms with Crippen molar-refractivity contribution in [2.45, 2.75) is 37.8 Å². The molecule has 0 aliphatic carbocycles. The maximum Gasteiger partial charge on any atom is 0.260 e. The number of hydrogen-bond acceptors (Lipinski definition) is 6. The minimum Gasteiger partial charge on any atom is -0.490 e. The van der Waals surface area contributed by atoms with Crippen molar-refractivity contribution in [1.29, 1.82) is 0 Å². The van der Waals surface area contributed by atoms with Gasteiger partial charge in [-0.3, -0.25) is 19.7 Å². The highest BCUT2D eigenvalue weighted by Gasteiger charge is 2.30. The maximum absolute atomic E-state index is 12.4.